The number of pyridine rings is 2. The fourth-order valence-electron chi connectivity index (χ4n) is 5.81. The van der Waals surface area contributed by atoms with Gasteiger partial charge in [0.25, 0.3) is 0 Å². The molecule has 0 bridgehead atoms. The smallest absolute Gasteiger partial charge is 0.159 e. The molecular formula is C33H33FN8O. The van der Waals surface area contributed by atoms with E-state index >= 15 is 0 Å². The molecule has 0 amide bonds. The summed E-state index contributed by atoms with van der Waals surface area (Å²) in [6.45, 7) is 4.35. The van der Waals surface area contributed by atoms with Crippen molar-refractivity contribution in [3.05, 3.63) is 78.5 Å². The molecule has 0 saturated carbocycles. The number of H-pyrrole nitrogens is 2. The van der Waals surface area contributed by atoms with Crippen LogP contribution in [0.2, 0.25) is 0 Å². The van der Waals surface area contributed by atoms with Crippen LogP contribution in [0.1, 0.15) is 18.4 Å². The summed E-state index contributed by atoms with van der Waals surface area (Å²) in [5.74, 6) is 0.711. The second-order valence-electron chi connectivity index (χ2n) is 11.4. The summed E-state index contributed by atoms with van der Waals surface area (Å²) in [6, 6.07) is 14.9. The van der Waals surface area contributed by atoms with E-state index in [1.165, 1.54) is 25.0 Å². The van der Waals surface area contributed by atoms with Crippen molar-refractivity contribution in [1.29, 1.82) is 0 Å². The minimum absolute atomic E-state index is 0.377. The number of aromatic nitrogens is 6. The van der Waals surface area contributed by atoms with Gasteiger partial charge in [0.1, 0.15) is 29.4 Å². The number of benzene rings is 2. The van der Waals surface area contributed by atoms with E-state index in [1.807, 2.05) is 44.7 Å². The van der Waals surface area contributed by atoms with Gasteiger partial charge in [-0.3, -0.25) is 20.0 Å². The molecule has 2 N–H and O–H groups in total. The van der Waals surface area contributed by atoms with Crippen molar-refractivity contribution in [2.75, 3.05) is 40.3 Å². The summed E-state index contributed by atoms with van der Waals surface area (Å²) in [6.07, 6.45) is 7.93. The van der Waals surface area contributed by atoms with E-state index in [0.717, 1.165) is 59.3 Å². The number of imidazole rings is 1. The number of rotatable bonds is 9. The second kappa shape index (κ2) is 11.5. The molecule has 10 heteroatoms. The third-order valence-electron chi connectivity index (χ3n) is 7.83. The molecule has 0 spiro atoms. The first-order valence-corrected chi connectivity index (χ1v) is 14.6. The number of fused-ring (bicyclic) bond motifs is 2. The van der Waals surface area contributed by atoms with Crippen molar-refractivity contribution in [2.45, 2.75) is 19.4 Å². The van der Waals surface area contributed by atoms with Crippen LogP contribution in [0.5, 0.6) is 5.75 Å². The predicted molar refractivity (Wildman–Crippen MR) is 166 cm³/mol. The maximum absolute atomic E-state index is 14.7. The molecule has 43 heavy (non-hydrogen) atoms. The van der Waals surface area contributed by atoms with Gasteiger partial charge in [0.05, 0.1) is 16.7 Å². The number of likely N-dealkylation sites (tertiary alicyclic amines) is 1. The predicted octanol–water partition coefficient (Wildman–Crippen LogP) is 5.91. The average molecular weight is 577 g/mol. The summed E-state index contributed by atoms with van der Waals surface area (Å²) in [4.78, 5) is 21.9. The molecule has 9 nitrogen and oxygen atoms in total. The summed E-state index contributed by atoms with van der Waals surface area (Å²) in [5, 5.41) is 8.67. The zero-order chi connectivity index (χ0) is 29.3. The Morgan fingerprint density at radius 2 is 1.81 bits per heavy atom. The quantitative estimate of drug-likeness (QED) is 0.221. The molecule has 1 fully saturated rings. The second-order valence-corrected chi connectivity index (χ2v) is 11.4. The number of hydrogen-bond donors (Lipinski definition) is 2. The molecule has 0 aliphatic carbocycles. The highest BCUT2D eigenvalue weighted by Crippen LogP contribution is 2.33. The number of nitrogens with one attached hydrogen (secondary N) is 2. The van der Waals surface area contributed by atoms with Gasteiger partial charge in [0, 0.05) is 54.3 Å². The van der Waals surface area contributed by atoms with Gasteiger partial charge in [-0.25, -0.2) is 9.37 Å². The molecule has 0 radical (unpaired) electrons. The van der Waals surface area contributed by atoms with Crippen LogP contribution in [0.3, 0.4) is 0 Å². The van der Waals surface area contributed by atoms with Crippen molar-refractivity contribution >= 4 is 21.9 Å². The van der Waals surface area contributed by atoms with Crippen LogP contribution in [0, 0.1) is 5.82 Å². The van der Waals surface area contributed by atoms with Crippen molar-refractivity contribution in [3.63, 3.8) is 0 Å². The Labute approximate surface area is 248 Å². The highest BCUT2D eigenvalue weighted by Gasteiger charge is 2.18. The number of halogens is 1. The van der Waals surface area contributed by atoms with Gasteiger partial charge in [-0.1, -0.05) is 6.07 Å². The molecule has 7 rings (SSSR count). The number of aromatic amines is 2. The van der Waals surface area contributed by atoms with Crippen LogP contribution in [0.15, 0.2) is 67.1 Å². The zero-order valence-electron chi connectivity index (χ0n) is 24.3. The van der Waals surface area contributed by atoms with Crippen molar-refractivity contribution in [3.8, 4) is 39.7 Å². The maximum atomic E-state index is 14.7. The Hall–Kier alpha value is -4.67. The van der Waals surface area contributed by atoms with Gasteiger partial charge in [-0.05, 0) is 87.6 Å². The molecule has 1 aliphatic heterocycles. The van der Waals surface area contributed by atoms with Crippen LogP contribution in [0.25, 0.3) is 55.8 Å². The first kappa shape index (κ1) is 27.2. The Morgan fingerprint density at radius 1 is 0.930 bits per heavy atom. The minimum atomic E-state index is -0.377. The van der Waals surface area contributed by atoms with E-state index in [4.69, 9.17) is 9.72 Å². The Morgan fingerprint density at radius 3 is 2.67 bits per heavy atom. The fraction of sp³-hybridized carbons (Fsp3) is 0.273. The van der Waals surface area contributed by atoms with Crippen molar-refractivity contribution in [2.24, 2.45) is 0 Å². The highest BCUT2D eigenvalue weighted by atomic mass is 19.1. The van der Waals surface area contributed by atoms with Gasteiger partial charge in [-0.15, -0.1) is 0 Å². The minimum Gasteiger partial charge on any atom is -0.492 e. The lowest BCUT2D eigenvalue weighted by Crippen LogP contribution is -2.25. The van der Waals surface area contributed by atoms with Gasteiger partial charge < -0.3 is 14.6 Å². The summed E-state index contributed by atoms with van der Waals surface area (Å²) in [7, 11) is 4.09. The third kappa shape index (κ3) is 5.71. The van der Waals surface area contributed by atoms with Crippen LogP contribution in [0.4, 0.5) is 4.39 Å². The first-order chi connectivity index (χ1) is 21.0. The van der Waals surface area contributed by atoms with Gasteiger partial charge >= 0.3 is 0 Å². The molecule has 0 atom stereocenters. The average Bonchev–Trinajstić information content (AvgIpc) is 3.76. The third-order valence-corrected chi connectivity index (χ3v) is 7.83. The Balaban J connectivity index is 1.21. The zero-order valence-corrected chi connectivity index (χ0v) is 24.3. The lowest BCUT2D eigenvalue weighted by atomic mass is 10.0. The molecule has 1 saturated heterocycles. The van der Waals surface area contributed by atoms with E-state index in [0.29, 0.717) is 40.6 Å². The Kier molecular flexibility index (Phi) is 7.30. The highest BCUT2D eigenvalue weighted by molar-refractivity contribution is 5.97. The van der Waals surface area contributed by atoms with Crippen LogP contribution >= 0.6 is 0 Å². The molecule has 4 aromatic heterocycles. The standard InChI is InChI=1S/C33H33FN8O/c1-41(2)20-21-13-24(19-35-18-21)22-5-6-28-27(16-22)31(40-39-28)33-37-29-7-8-36-30(32(29)38-33)23-14-25(34)17-26(15-23)43-12-11-42-9-3-4-10-42/h5-8,13-19H,3-4,9-12,20H2,1-2H3,(H,37,38)(H,39,40). The molecular weight excluding hydrogens is 543 g/mol. The normalized spacial score (nSPS) is 14.0. The largest absolute Gasteiger partial charge is 0.492 e. The van der Waals surface area contributed by atoms with Crippen LogP contribution in [-0.4, -0.2) is 80.3 Å². The number of hydrogen-bond acceptors (Lipinski definition) is 7. The van der Waals surface area contributed by atoms with Crippen LogP contribution in [-0.2, 0) is 6.54 Å². The van der Waals surface area contributed by atoms with E-state index in [2.05, 4.69) is 53.1 Å². The fourth-order valence-corrected chi connectivity index (χ4v) is 5.81. The van der Waals surface area contributed by atoms with Gasteiger partial charge in [0.15, 0.2) is 5.82 Å². The van der Waals surface area contributed by atoms with E-state index in [9.17, 15) is 4.39 Å². The van der Waals surface area contributed by atoms with E-state index in [1.54, 1.807) is 6.20 Å². The topological polar surface area (TPSA) is 98.8 Å². The molecule has 1 aliphatic rings. The molecule has 0 unspecified atom stereocenters. The molecule has 2 aromatic carbocycles. The first-order valence-electron chi connectivity index (χ1n) is 14.6. The lowest BCUT2D eigenvalue weighted by Gasteiger charge is -2.15. The van der Waals surface area contributed by atoms with Gasteiger partial charge in [0.2, 0.25) is 0 Å². The summed E-state index contributed by atoms with van der Waals surface area (Å²) in [5.41, 5.74) is 7.43. The van der Waals surface area contributed by atoms with E-state index in [-0.39, 0.29) is 5.82 Å². The number of nitrogens with zero attached hydrogens (tertiary/aromatic N) is 6. The van der Waals surface area contributed by atoms with Gasteiger partial charge in [-0.2, -0.15) is 5.10 Å². The molecule has 218 valence electrons. The van der Waals surface area contributed by atoms with Crippen molar-refractivity contribution < 1.29 is 9.13 Å². The van der Waals surface area contributed by atoms with E-state index < -0.39 is 0 Å². The summed E-state index contributed by atoms with van der Waals surface area (Å²) < 4.78 is 20.7. The SMILES string of the molecule is CN(C)Cc1cncc(-c2ccc3[nH]nc(-c4nc5c(-c6cc(F)cc(OCCN7CCCC7)c6)nccc5[nH]4)c3c2)c1. The molecule has 5 heterocycles. The Bertz CT molecular complexity index is 1910. The number of ether oxygens (including phenoxy) is 1. The summed E-state index contributed by atoms with van der Waals surface area (Å²) >= 11 is 0. The lowest BCUT2D eigenvalue weighted by molar-refractivity contribution is 0.237. The monoisotopic (exact) mass is 576 g/mol. The maximum Gasteiger partial charge on any atom is 0.159 e. The molecule has 6 aromatic rings. The van der Waals surface area contributed by atoms with Crippen LogP contribution < -0.4 is 4.74 Å². The van der Waals surface area contributed by atoms with Crippen molar-refractivity contribution in [1.82, 2.24) is 39.9 Å².